The molecule has 0 radical (unpaired) electrons. The number of rotatable bonds is 10. The van der Waals surface area contributed by atoms with Crippen LogP contribution >= 0.6 is 0 Å². The van der Waals surface area contributed by atoms with Gasteiger partial charge in [0.15, 0.2) is 0 Å². The van der Waals surface area contributed by atoms with Gasteiger partial charge in [-0.15, -0.1) is 0 Å². The van der Waals surface area contributed by atoms with Gasteiger partial charge in [0.2, 0.25) is 5.91 Å². The van der Waals surface area contributed by atoms with E-state index in [1.807, 2.05) is 42.5 Å². The van der Waals surface area contributed by atoms with Gasteiger partial charge in [-0.25, -0.2) is 0 Å². The van der Waals surface area contributed by atoms with Gasteiger partial charge >= 0.3 is 17.9 Å². The average molecular weight is 463 g/mol. The maximum atomic E-state index is 13.4. The van der Waals surface area contributed by atoms with E-state index in [1.165, 1.54) is 4.90 Å². The molecule has 8 nitrogen and oxygen atoms in total. The lowest BCUT2D eigenvalue weighted by atomic mass is 9.56. The largest absolute Gasteiger partial charge is 0.481 e. The summed E-state index contributed by atoms with van der Waals surface area (Å²) in [5.41, 5.74) is 1.77. The molecule has 176 valence electrons. The van der Waals surface area contributed by atoms with Crippen LogP contribution in [-0.2, 0) is 25.7 Å². The van der Waals surface area contributed by atoms with E-state index in [-0.39, 0.29) is 13.1 Å². The molecular weight excluding hydrogens is 438 g/mol. The summed E-state index contributed by atoms with van der Waals surface area (Å²) in [5, 5.41) is 28.5. The van der Waals surface area contributed by atoms with E-state index in [2.05, 4.69) is 0 Å². The molecule has 1 fully saturated rings. The number of carboxylic acids is 3. The van der Waals surface area contributed by atoms with Crippen molar-refractivity contribution in [3.05, 3.63) is 90.0 Å². The Morgan fingerprint density at radius 3 is 1.74 bits per heavy atom. The lowest BCUT2D eigenvalue weighted by Gasteiger charge is -2.45. The second kappa shape index (κ2) is 11.1. The van der Waals surface area contributed by atoms with Crippen LogP contribution in [0.3, 0.4) is 0 Å². The van der Waals surface area contributed by atoms with E-state index in [0.717, 1.165) is 11.1 Å². The zero-order valence-corrected chi connectivity index (χ0v) is 18.2. The van der Waals surface area contributed by atoms with Gasteiger partial charge in [0.1, 0.15) is 0 Å². The molecule has 0 bridgehead atoms. The molecule has 1 amide bonds. The predicted octanol–water partition coefficient (Wildman–Crippen LogP) is 3.02. The predicted molar refractivity (Wildman–Crippen MR) is 123 cm³/mol. The van der Waals surface area contributed by atoms with E-state index in [1.54, 1.807) is 42.5 Å². The smallest absolute Gasteiger partial charge is 0.308 e. The Bertz CT molecular complexity index is 1070. The number of aliphatic carboxylic acids is 3. The second-order valence-corrected chi connectivity index (χ2v) is 8.02. The standard InChI is InChI=1S/C26H25NO7/c28-23(19-20(24(29)30)22(26(33)34)21(19)25(31)32)27(16-18-13-6-2-7-14-18)15-9-3-8-12-17-10-4-1-5-11-17/h1-14,19-22H,15-16H2,(H,29,30)(H,31,32)(H,33,34)/b9-3+,12-8+/t19-,20-,21-,22-/m0/s1. The van der Waals surface area contributed by atoms with E-state index in [4.69, 9.17) is 0 Å². The van der Waals surface area contributed by atoms with Gasteiger partial charge < -0.3 is 20.2 Å². The first kappa shape index (κ1) is 24.4. The van der Waals surface area contributed by atoms with E-state index < -0.39 is 47.5 Å². The number of carboxylic acid groups (broad SMARTS) is 3. The quantitative estimate of drug-likeness (QED) is 0.462. The number of hydrogen-bond donors (Lipinski definition) is 3. The topological polar surface area (TPSA) is 132 Å². The molecule has 1 saturated carbocycles. The molecule has 0 saturated heterocycles. The molecule has 0 spiro atoms. The third-order valence-corrected chi connectivity index (χ3v) is 5.88. The summed E-state index contributed by atoms with van der Waals surface area (Å²) in [6.07, 6.45) is 7.12. The number of hydrogen-bond acceptors (Lipinski definition) is 4. The van der Waals surface area contributed by atoms with Gasteiger partial charge in [0.05, 0.1) is 23.7 Å². The highest BCUT2D eigenvalue weighted by atomic mass is 16.4. The van der Waals surface area contributed by atoms with Gasteiger partial charge in [-0.2, -0.15) is 0 Å². The number of carbonyl (C=O) groups excluding carboxylic acids is 1. The molecule has 0 aromatic heterocycles. The van der Waals surface area contributed by atoms with Crippen molar-refractivity contribution in [2.45, 2.75) is 6.54 Å². The molecule has 0 unspecified atom stereocenters. The Labute approximate surface area is 196 Å². The monoisotopic (exact) mass is 463 g/mol. The Morgan fingerprint density at radius 2 is 1.21 bits per heavy atom. The Kier molecular flexibility index (Phi) is 7.97. The molecule has 3 N–H and O–H groups in total. The van der Waals surface area contributed by atoms with Crippen molar-refractivity contribution in [1.29, 1.82) is 0 Å². The summed E-state index contributed by atoms with van der Waals surface area (Å²) in [4.78, 5) is 49.7. The van der Waals surface area contributed by atoms with Crippen LogP contribution in [0.15, 0.2) is 78.9 Å². The molecule has 8 heteroatoms. The summed E-state index contributed by atoms with van der Waals surface area (Å²) in [6, 6.07) is 18.6. The van der Waals surface area contributed by atoms with Crippen molar-refractivity contribution in [1.82, 2.24) is 4.90 Å². The number of nitrogens with zero attached hydrogens (tertiary/aromatic N) is 1. The summed E-state index contributed by atoms with van der Waals surface area (Å²) >= 11 is 0. The van der Waals surface area contributed by atoms with Crippen molar-refractivity contribution >= 4 is 29.9 Å². The van der Waals surface area contributed by atoms with Crippen LogP contribution in [0.4, 0.5) is 0 Å². The van der Waals surface area contributed by atoms with Crippen molar-refractivity contribution in [2.75, 3.05) is 6.54 Å². The Hall–Kier alpha value is -4.20. The van der Waals surface area contributed by atoms with Crippen LogP contribution in [0.1, 0.15) is 11.1 Å². The van der Waals surface area contributed by atoms with Crippen LogP contribution < -0.4 is 0 Å². The first-order chi connectivity index (χ1) is 16.3. The van der Waals surface area contributed by atoms with E-state index in [9.17, 15) is 34.5 Å². The fourth-order valence-electron chi connectivity index (χ4n) is 4.22. The third kappa shape index (κ3) is 5.58. The minimum atomic E-state index is -1.66. The van der Waals surface area contributed by atoms with Crippen LogP contribution in [0, 0.1) is 23.7 Å². The number of allylic oxidation sites excluding steroid dienone is 2. The van der Waals surface area contributed by atoms with Gasteiger partial charge in [-0.1, -0.05) is 85.0 Å². The second-order valence-electron chi connectivity index (χ2n) is 8.02. The first-order valence-electron chi connectivity index (χ1n) is 10.7. The molecule has 1 aliphatic carbocycles. The van der Waals surface area contributed by atoms with Gasteiger partial charge in [-0.05, 0) is 11.1 Å². The van der Waals surface area contributed by atoms with Crippen LogP contribution in [-0.4, -0.2) is 50.6 Å². The van der Waals surface area contributed by atoms with Gasteiger partial charge in [-0.3, -0.25) is 19.2 Å². The average Bonchev–Trinajstić information content (AvgIpc) is 2.78. The van der Waals surface area contributed by atoms with Crippen LogP contribution in [0.25, 0.3) is 6.08 Å². The summed E-state index contributed by atoms with van der Waals surface area (Å²) in [7, 11) is 0. The summed E-state index contributed by atoms with van der Waals surface area (Å²) in [6.45, 7) is 0.221. The Balaban J connectivity index is 1.82. The molecule has 2 aromatic carbocycles. The first-order valence-corrected chi connectivity index (χ1v) is 10.7. The summed E-state index contributed by atoms with van der Waals surface area (Å²) in [5.74, 6) is -11.6. The fourth-order valence-corrected chi connectivity index (χ4v) is 4.22. The number of amides is 1. The van der Waals surface area contributed by atoms with Crippen LogP contribution in [0.2, 0.25) is 0 Å². The molecule has 2 aromatic rings. The lowest BCUT2D eigenvalue weighted by molar-refractivity contribution is -0.189. The third-order valence-electron chi connectivity index (χ3n) is 5.88. The highest BCUT2D eigenvalue weighted by Gasteiger charge is 2.64. The number of benzene rings is 2. The maximum absolute atomic E-state index is 13.4. The van der Waals surface area contributed by atoms with E-state index >= 15 is 0 Å². The molecule has 34 heavy (non-hydrogen) atoms. The Morgan fingerprint density at radius 1 is 0.706 bits per heavy atom. The molecule has 0 heterocycles. The SMILES string of the molecule is O=C(O)[C@@H]1[C@H](C(=O)O)[C@@H](C(=O)O)[C@H]1C(=O)N(C/C=C/C=C/c1ccccc1)Cc1ccccc1. The van der Waals surface area contributed by atoms with Crippen molar-refractivity contribution in [3.8, 4) is 0 Å². The highest BCUT2D eigenvalue weighted by Crippen LogP contribution is 2.48. The van der Waals surface area contributed by atoms with Crippen molar-refractivity contribution in [2.24, 2.45) is 23.7 Å². The van der Waals surface area contributed by atoms with E-state index in [0.29, 0.717) is 0 Å². The van der Waals surface area contributed by atoms with Crippen molar-refractivity contribution in [3.63, 3.8) is 0 Å². The molecule has 2 atom stereocenters. The minimum Gasteiger partial charge on any atom is -0.481 e. The fraction of sp³-hybridized carbons (Fsp3) is 0.231. The number of carbonyl (C=O) groups is 4. The van der Waals surface area contributed by atoms with Gasteiger partial charge in [0.25, 0.3) is 0 Å². The maximum Gasteiger partial charge on any atom is 0.308 e. The molecule has 3 rings (SSSR count). The summed E-state index contributed by atoms with van der Waals surface area (Å²) < 4.78 is 0. The normalized spacial score (nSPS) is 21.8. The highest BCUT2D eigenvalue weighted by molar-refractivity contribution is 5.98. The zero-order chi connectivity index (χ0) is 24.7. The van der Waals surface area contributed by atoms with Crippen LogP contribution in [0.5, 0.6) is 0 Å². The lowest BCUT2D eigenvalue weighted by Crippen LogP contribution is -2.62. The zero-order valence-electron chi connectivity index (χ0n) is 18.2. The minimum absolute atomic E-state index is 0.0970. The molecular formula is C26H25NO7. The molecule has 1 aliphatic rings. The van der Waals surface area contributed by atoms with Crippen molar-refractivity contribution < 1.29 is 34.5 Å². The molecule has 0 aliphatic heterocycles. The van der Waals surface area contributed by atoms with Gasteiger partial charge in [0, 0.05) is 13.1 Å².